The third-order valence-corrected chi connectivity index (χ3v) is 5.47. The fourth-order valence-corrected chi connectivity index (χ4v) is 4.21. The number of fused-ring (bicyclic) bond motifs is 1. The predicted octanol–water partition coefficient (Wildman–Crippen LogP) is 5.04. The lowest BCUT2D eigenvalue weighted by Crippen LogP contribution is -2.07. The van der Waals surface area contributed by atoms with E-state index in [-0.39, 0.29) is 0 Å². The summed E-state index contributed by atoms with van der Waals surface area (Å²) in [7, 11) is 0. The molecular weight excluding hydrogens is 438 g/mol. The van der Waals surface area contributed by atoms with Crippen molar-refractivity contribution >= 4 is 66.0 Å². The molecule has 110 valence electrons. The molecule has 0 fully saturated rings. The predicted molar refractivity (Wildman–Crippen MR) is 95.4 cm³/mol. The Kier molecular flexibility index (Phi) is 4.99. The highest BCUT2D eigenvalue weighted by Gasteiger charge is 2.12. The van der Waals surface area contributed by atoms with Crippen LogP contribution in [-0.2, 0) is 19.4 Å². The van der Waals surface area contributed by atoms with Crippen LogP contribution in [0, 0.1) is 0 Å². The fraction of sp³-hybridized carbons (Fsp3) is 0.286. The summed E-state index contributed by atoms with van der Waals surface area (Å²) in [6, 6.07) is 6.23. The van der Waals surface area contributed by atoms with E-state index in [0.29, 0.717) is 5.88 Å². The Morgan fingerprint density at radius 3 is 2.81 bits per heavy atom. The van der Waals surface area contributed by atoms with E-state index in [4.69, 9.17) is 11.6 Å². The molecule has 0 amide bonds. The lowest BCUT2D eigenvalue weighted by atomic mass is 10.3. The van der Waals surface area contributed by atoms with Crippen LogP contribution in [0.4, 0.5) is 0 Å². The number of hydrogen-bond donors (Lipinski definition) is 0. The quantitative estimate of drug-likeness (QED) is 0.511. The largest absolute Gasteiger partial charge is 0.312 e. The van der Waals surface area contributed by atoms with Gasteiger partial charge in [-0.2, -0.15) is 0 Å². The molecule has 0 atom stereocenters. The highest BCUT2D eigenvalue weighted by molar-refractivity contribution is 9.11. The van der Waals surface area contributed by atoms with Crippen molar-refractivity contribution in [3.8, 4) is 0 Å². The fourth-order valence-electron chi connectivity index (χ4n) is 2.25. The van der Waals surface area contributed by atoms with Gasteiger partial charge in [-0.05, 0) is 56.5 Å². The van der Waals surface area contributed by atoms with Crippen LogP contribution in [0.2, 0.25) is 0 Å². The van der Waals surface area contributed by atoms with E-state index in [0.717, 1.165) is 44.6 Å². The molecular formula is C14H12Br2ClN3S. The number of aryl methyl sites for hydroxylation is 3. The van der Waals surface area contributed by atoms with Crippen molar-refractivity contribution in [1.82, 2.24) is 14.5 Å². The normalized spacial score (nSPS) is 11.4. The first kappa shape index (κ1) is 15.5. The van der Waals surface area contributed by atoms with Gasteiger partial charge in [-0.15, -0.1) is 22.9 Å². The van der Waals surface area contributed by atoms with E-state index in [1.807, 2.05) is 12.3 Å². The van der Waals surface area contributed by atoms with Gasteiger partial charge in [-0.25, -0.2) is 9.97 Å². The summed E-state index contributed by atoms with van der Waals surface area (Å²) in [5.41, 5.74) is 1.84. The molecule has 0 spiro atoms. The standard InChI is InChI=1S/C14H12Br2ClN3S/c15-9-7-11-14(18-8-9)20(13(19-11)3-5-17)6-4-10-1-2-12(16)21-10/h1-2,7-8H,3-6H2. The van der Waals surface area contributed by atoms with E-state index in [2.05, 4.69) is 58.5 Å². The molecule has 0 aliphatic rings. The summed E-state index contributed by atoms with van der Waals surface area (Å²) >= 11 is 14.6. The van der Waals surface area contributed by atoms with Gasteiger partial charge in [0.15, 0.2) is 5.65 Å². The van der Waals surface area contributed by atoms with Gasteiger partial charge in [-0.1, -0.05) is 0 Å². The summed E-state index contributed by atoms with van der Waals surface area (Å²) in [6.45, 7) is 0.865. The number of halogens is 3. The summed E-state index contributed by atoms with van der Waals surface area (Å²) < 4.78 is 4.29. The van der Waals surface area contributed by atoms with Crippen molar-refractivity contribution in [3.63, 3.8) is 0 Å². The zero-order chi connectivity index (χ0) is 14.8. The van der Waals surface area contributed by atoms with Crippen molar-refractivity contribution in [1.29, 1.82) is 0 Å². The summed E-state index contributed by atoms with van der Waals surface area (Å²) in [5.74, 6) is 1.57. The van der Waals surface area contributed by atoms with E-state index < -0.39 is 0 Å². The summed E-state index contributed by atoms with van der Waals surface area (Å²) in [4.78, 5) is 10.5. The maximum absolute atomic E-state index is 5.90. The minimum Gasteiger partial charge on any atom is -0.312 e. The maximum Gasteiger partial charge on any atom is 0.160 e. The molecule has 3 nitrogen and oxygen atoms in total. The first-order valence-electron chi connectivity index (χ1n) is 6.48. The van der Waals surface area contributed by atoms with Crippen molar-refractivity contribution in [2.75, 3.05) is 5.88 Å². The molecule has 0 radical (unpaired) electrons. The second-order valence-corrected chi connectivity index (χ2v) is 8.41. The second-order valence-electron chi connectivity index (χ2n) is 4.57. The van der Waals surface area contributed by atoms with Crippen LogP contribution in [0.3, 0.4) is 0 Å². The maximum atomic E-state index is 5.90. The molecule has 0 bridgehead atoms. The lowest BCUT2D eigenvalue weighted by Gasteiger charge is -2.06. The molecule has 3 aromatic rings. The highest BCUT2D eigenvalue weighted by atomic mass is 79.9. The SMILES string of the molecule is ClCCc1nc2cc(Br)cnc2n1CCc1ccc(Br)s1. The van der Waals surface area contributed by atoms with E-state index in [1.165, 1.54) is 4.88 Å². The van der Waals surface area contributed by atoms with Crippen LogP contribution in [-0.4, -0.2) is 20.4 Å². The Morgan fingerprint density at radius 2 is 2.10 bits per heavy atom. The van der Waals surface area contributed by atoms with E-state index in [1.54, 1.807) is 11.3 Å². The Hall–Kier alpha value is -0.430. The molecule has 3 heterocycles. The molecule has 0 saturated heterocycles. The Morgan fingerprint density at radius 1 is 1.24 bits per heavy atom. The highest BCUT2D eigenvalue weighted by Crippen LogP contribution is 2.24. The molecule has 7 heteroatoms. The van der Waals surface area contributed by atoms with Gasteiger partial charge in [0, 0.05) is 34.4 Å². The summed E-state index contributed by atoms with van der Waals surface area (Å²) in [5, 5.41) is 0. The third-order valence-electron chi connectivity index (χ3n) is 3.16. The van der Waals surface area contributed by atoms with Gasteiger partial charge >= 0.3 is 0 Å². The van der Waals surface area contributed by atoms with Crippen molar-refractivity contribution in [2.24, 2.45) is 0 Å². The first-order valence-corrected chi connectivity index (χ1v) is 9.42. The van der Waals surface area contributed by atoms with Crippen LogP contribution >= 0.6 is 54.8 Å². The molecule has 0 N–H and O–H groups in total. The van der Waals surface area contributed by atoms with Gasteiger partial charge in [0.2, 0.25) is 0 Å². The van der Waals surface area contributed by atoms with Crippen molar-refractivity contribution in [2.45, 2.75) is 19.4 Å². The number of imidazole rings is 1. The van der Waals surface area contributed by atoms with Crippen molar-refractivity contribution in [3.05, 3.63) is 43.4 Å². The Bertz CT molecular complexity index is 769. The van der Waals surface area contributed by atoms with Gasteiger partial charge in [0.05, 0.1) is 3.79 Å². The molecule has 0 aromatic carbocycles. The Balaban J connectivity index is 1.92. The van der Waals surface area contributed by atoms with Crippen LogP contribution in [0.25, 0.3) is 11.2 Å². The molecule has 0 saturated carbocycles. The van der Waals surface area contributed by atoms with Gasteiger partial charge < -0.3 is 4.57 Å². The van der Waals surface area contributed by atoms with Crippen molar-refractivity contribution < 1.29 is 0 Å². The molecule has 21 heavy (non-hydrogen) atoms. The van der Waals surface area contributed by atoms with Crippen LogP contribution in [0.1, 0.15) is 10.7 Å². The second kappa shape index (κ2) is 6.77. The number of nitrogens with zero attached hydrogens (tertiary/aromatic N) is 3. The minimum absolute atomic E-state index is 0.565. The molecule has 3 aromatic heterocycles. The molecule has 0 unspecified atom stereocenters. The number of thiophene rings is 1. The zero-order valence-electron chi connectivity index (χ0n) is 11.0. The molecule has 0 aliphatic carbocycles. The summed E-state index contributed by atoms with van der Waals surface area (Å²) in [6.07, 6.45) is 3.53. The van der Waals surface area contributed by atoms with Gasteiger partial charge in [0.1, 0.15) is 11.3 Å². The first-order chi connectivity index (χ1) is 10.2. The van der Waals surface area contributed by atoms with Crippen LogP contribution in [0.5, 0.6) is 0 Å². The number of rotatable bonds is 5. The van der Waals surface area contributed by atoms with Gasteiger partial charge in [-0.3, -0.25) is 0 Å². The smallest absolute Gasteiger partial charge is 0.160 e. The average molecular weight is 450 g/mol. The topological polar surface area (TPSA) is 30.7 Å². The number of hydrogen-bond acceptors (Lipinski definition) is 3. The number of alkyl halides is 1. The number of aromatic nitrogens is 3. The number of pyridine rings is 1. The minimum atomic E-state index is 0.565. The van der Waals surface area contributed by atoms with E-state index >= 15 is 0 Å². The van der Waals surface area contributed by atoms with Crippen LogP contribution < -0.4 is 0 Å². The Labute approximate surface area is 148 Å². The third kappa shape index (κ3) is 3.50. The zero-order valence-corrected chi connectivity index (χ0v) is 15.8. The van der Waals surface area contributed by atoms with Gasteiger partial charge in [0.25, 0.3) is 0 Å². The monoisotopic (exact) mass is 447 g/mol. The van der Waals surface area contributed by atoms with E-state index in [9.17, 15) is 0 Å². The molecule has 0 aliphatic heterocycles. The lowest BCUT2D eigenvalue weighted by molar-refractivity contribution is 0.674. The average Bonchev–Trinajstić information content (AvgIpc) is 3.00. The molecule has 3 rings (SSSR count). The van der Waals surface area contributed by atoms with Crippen LogP contribution in [0.15, 0.2) is 32.7 Å².